The van der Waals surface area contributed by atoms with Gasteiger partial charge in [0.1, 0.15) is 0 Å². The summed E-state index contributed by atoms with van der Waals surface area (Å²) in [7, 11) is 0. The number of rotatable bonds is 7. The maximum Gasteiger partial charge on any atom is 0.221 e. The van der Waals surface area contributed by atoms with Crippen LogP contribution in [0.1, 0.15) is 32.8 Å². The van der Waals surface area contributed by atoms with E-state index in [9.17, 15) is 4.79 Å². The van der Waals surface area contributed by atoms with Gasteiger partial charge in [-0.3, -0.25) is 4.79 Å². The lowest BCUT2D eigenvalue weighted by molar-refractivity contribution is -0.121. The monoisotopic (exact) mass is 237 g/mol. The lowest BCUT2D eigenvalue weighted by Gasteiger charge is -2.08. The van der Waals surface area contributed by atoms with E-state index in [1.807, 2.05) is 13.8 Å². The quantitative estimate of drug-likeness (QED) is 0.706. The maximum atomic E-state index is 11.4. The highest BCUT2D eigenvalue weighted by Crippen LogP contribution is 2.00. The Morgan fingerprint density at radius 3 is 2.82 bits per heavy atom. The second-order valence-electron chi connectivity index (χ2n) is 4.50. The normalized spacial score (nSPS) is 10.8. The zero-order valence-corrected chi connectivity index (χ0v) is 11.0. The van der Waals surface area contributed by atoms with Crippen molar-refractivity contribution in [3.8, 4) is 0 Å². The Morgan fingerprint density at radius 2 is 2.24 bits per heavy atom. The number of aryl methyl sites for hydroxylation is 1. The first-order valence-corrected chi connectivity index (χ1v) is 6.26. The third-order valence-corrected chi connectivity index (χ3v) is 2.48. The smallest absolute Gasteiger partial charge is 0.221 e. The Kier molecular flexibility index (Phi) is 5.77. The van der Waals surface area contributed by atoms with Crippen LogP contribution in [-0.4, -0.2) is 23.1 Å². The topological polar surface area (TPSA) is 46.1 Å². The Hall–Kier alpha value is -1.29. The van der Waals surface area contributed by atoms with E-state index in [0.29, 0.717) is 6.42 Å². The van der Waals surface area contributed by atoms with Gasteiger partial charge in [-0.1, -0.05) is 0 Å². The van der Waals surface area contributed by atoms with Crippen LogP contribution >= 0.6 is 0 Å². The van der Waals surface area contributed by atoms with Gasteiger partial charge >= 0.3 is 0 Å². The van der Waals surface area contributed by atoms with Crippen molar-refractivity contribution in [2.75, 3.05) is 6.54 Å². The van der Waals surface area contributed by atoms with Crippen molar-refractivity contribution in [3.05, 3.63) is 24.0 Å². The fraction of sp³-hybridized carbons (Fsp3) is 0.615. The fourth-order valence-corrected chi connectivity index (χ4v) is 1.62. The summed E-state index contributed by atoms with van der Waals surface area (Å²) in [6.07, 6.45) is 4.73. The van der Waals surface area contributed by atoms with Crippen LogP contribution in [0.4, 0.5) is 0 Å². The van der Waals surface area contributed by atoms with Crippen molar-refractivity contribution >= 4 is 5.91 Å². The molecule has 4 nitrogen and oxygen atoms in total. The Labute approximate surface area is 103 Å². The number of hydrogen-bond donors (Lipinski definition) is 2. The summed E-state index contributed by atoms with van der Waals surface area (Å²) in [6.45, 7) is 8.60. The first-order chi connectivity index (χ1) is 8.11. The average molecular weight is 237 g/mol. The van der Waals surface area contributed by atoms with E-state index in [2.05, 4.69) is 40.6 Å². The van der Waals surface area contributed by atoms with Gasteiger partial charge in [-0.15, -0.1) is 0 Å². The van der Waals surface area contributed by atoms with Gasteiger partial charge in [-0.25, -0.2) is 0 Å². The fourth-order valence-electron chi connectivity index (χ4n) is 1.62. The molecule has 0 aliphatic heterocycles. The molecule has 0 bridgehead atoms. The van der Waals surface area contributed by atoms with Gasteiger partial charge < -0.3 is 15.2 Å². The van der Waals surface area contributed by atoms with Crippen LogP contribution in [0.3, 0.4) is 0 Å². The summed E-state index contributed by atoms with van der Waals surface area (Å²) in [5.41, 5.74) is 1.26. The number of aromatic nitrogens is 1. The van der Waals surface area contributed by atoms with Crippen LogP contribution in [0.15, 0.2) is 18.5 Å². The molecule has 0 aromatic carbocycles. The highest BCUT2D eigenvalue weighted by atomic mass is 16.1. The highest BCUT2D eigenvalue weighted by molar-refractivity contribution is 5.76. The maximum absolute atomic E-state index is 11.4. The van der Waals surface area contributed by atoms with E-state index in [1.54, 1.807) is 0 Å². The lowest BCUT2D eigenvalue weighted by atomic mass is 10.3. The molecule has 0 aliphatic carbocycles. The first kappa shape index (κ1) is 13.8. The van der Waals surface area contributed by atoms with E-state index in [-0.39, 0.29) is 11.9 Å². The molecule has 1 heterocycles. The Morgan fingerprint density at radius 1 is 1.47 bits per heavy atom. The molecule has 0 fully saturated rings. The van der Waals surface area contributed by atoms with Gasteiger partial charge in [-0.05, 0) is 32.4 Å². The summed E-state index contributed by atoms with van der Waals surface area (Å²) >= 11 is 0. The Bertz CT molecular complexity index is 344. The van der Waals surface area contributed by atoms with E-state index in [4.69, 9.17) is 0 Å². The van der Waals surface area contributed by atoms with E-state index in [0.717, 1.165) is 19.6 Å². The van der Waals surface area contributed by atoms with Crippen molar-refractivity contribution in [1.82, 2.24) is 15.2 Å². The van der Waals surface area contributed by atoms with Crippen LogP contribution in [0.5, 0.6) is 0 Å². The summed E-state index contributed by atoms with van der Waals surface area (Å²) in [5.74, 6) is 0.110. The molecule has 17 heavy (non-hydrogen) atoms. The minimum Gasteiger partial charge on any atom is -0.354 e. The molecule has 0 saturated carbocycles. The molecule has 1 aromatic rings. The third kappa shape index (κ3) is 5.54. The first-order valence-electron chi connectivity index (χ1n) is 6.26. The number of nitrogens with zero attached hydrogens (tertiary/aromatic N) is 1. The molecule has 1 amide bonds. The summed E-state index contributed by atoms with van der Waals surface area (Å²) < 4.78 is 2.14. The Balaban J connectivity index is 2.13. The summed E-state index contributed by atoms with van der Waals surface area (Å²) in [5, 5.41) is 6.14. The molecule has 1 rings (SSSR count). The molecule has 0 spiro atoms. The van der Waals surface area contributed by atoms with Crippen molar-refractivity contribution in [2.24, 2.45) is 0 Å². The second kappa shape index (κ2) is 7.12. The van der Waals surface area contributed by atoms with Gasteiger partial charge in [-0.2, -0.15) is 0 Å². The molecular formula is C13H23N3O. The van der Waals surface area contributed by atoms with Gasteiger partial charge in [0, 0.05) is 44.5 Å². The van der Waals surface area contributed by atoms with Crippen LogP contribution in [0.2, 0.25) is 0 Å². The van der Waals surface area contributed by atoms with Gasteiger partial charge in [0.2, 0.25) is 5.91 Å². The van der Waals surface area contributed by atoms with Crippen LogP contribution < -0.4 is 10.6 Å². The van der Waals surface area contributed by atoms with E-state index >= 15 is 0 Å². The number of hydrogen-bond acceptors (Lipinski definition) is 2. The molecule has 0 aliphatic rings. The molecule has 0 unspecified atom stereocenters. The van der Waals surface area contributed by atoms with Crippen LogP contribution in [-0.2, 0) is 17.9 Å². The van der Waals surface area contributed by atoms with E-state index < -0.39 is 0 Å². The molecule has 0 radical (unpaired) electrons. The van der Waals surface area contributed by atoms with E-state index in [1.165, 1.54) is 5.56 Å². The average Bonchev–Trinajstić information content (AvgIpc) is 2.71. The van der Waals surface area contributed by atoms with Gasteiger partial charge in [0.05, 0.1) is 0 Å². The van der Waals surface area contributed by atoms with Crippen molar-refractivity contribution < 1.29 is 4.79 Å². The number of carbonyl (C=O) groups is 1. The predicted molar refractivity (Wildman–Crippen MR) is 69.7 cm³/mol. The molecular weight excluding hydrogens is 214 g/mol. The summed E-state index contributed by atoms with van der Waals surface area (Å²) in [6, 6.07) is 2.33. The largest absolute Gasteiger partial charge is 0.354 e. The second-order valence-corrected chi connectivity index (χ2v) is 4.50. The molecule has 1 aromatic heterocycles. The molecule has 0 saturated heterocycles. The number of nitrogens with one attached hydrogen (secondary N) is 2. The molecule has 0 atom stereocenters. The van der Waals surface area contributed by atoms with Crippen LogP contribution in [0.25, 0.3) is 0 Å². The molecule has 4 heteroatoms. The van der Waals surface area contributed by atoms with Gasteiger partial charge in [0.15, 0.2) is 0 Å². The standard InChI is InChI=1S/C13H23N3O/c1-4-16-8-6-12(10-16)9-14-7-5-13(17)15-11(2)3/h6,8,10-11,14H,4-5,7,9H2,1-3H3,(H,15,17). The zero-order chi connectivity index (χ0) is 12.7. The third-order valence-electron chi connectivity index (χ3n) is 2.48. The van der Waals surface area contributed by atoms with Crippen molar-refractivity contribution in [2.45, 2.75) is 46.3 Å². The van der Waals surface area contributed by atoms with Gasteiger partial charge in [0.25, 0.3) is 0 Å². The van der Waals surface area contributed by atoms with Crippen molar-refractivity contribution in [1.29, 1.82) is 0 Å². The number of amides is 1. The molecule has 2 N–H and O–H groups in total. The minimum atomic E-state index is 0.110. The zero-order valence-electron chi connectivity index (χ0n) is 11.0. The molecule has 96 valence electrons. The van der Waals surface area contributed by atoms with Crippen LogP contribution in [0, 0.1) is 0 Å². The highest BCUT2D eigenvalue weighted by Gasteiger charge is 2.02. The minimum absolute atomic E-state index is 0.110. The SMILES string of the molecule is CCn1ccc(CNCCC(=O)NC(C)C)c1. The van der Waals surface area contributed by atoms with Crippen molar-refractivity contribution in [3.63, 3.8) is 0 Å². The predicted octanol–water partition coefficient (Wildman–Crippen LogP) is 1.51. The lowest BCUT2D eigenvalue weighted by Crippen LogP contribution is -2.32. The summed E-state index contributed by atoms with van der Waals surface area (Å²) in [4.78, 5) is 11.4. The number of carbonyl (C=O) groups excluding carboxylic acids is 1.